The molecule has 0 aromatic heterocycles. The number of sulfonamides is 1. The predicted molar refractivity (Wildman–Crippen MR) is 52.2 cm³/mol. The molecule has 5 nitrogen and oxygen atoms in total. The number of hydrogen-bond donors (Lipinski definition) is 2. The molecule has 16 heavy (non-hydrogen) atoms. The summed E-state index contributed by atoms with van der Waals surface area (Å²) < 4.78 is 58.3. The fourth-order valence-corrected chi connectivity index (χ4v) is 1.73. The van der Waals surface area contributed by atoms with E-state index < -0.39 is 27.7 Å². The molecular weight excluding hydrogens is 249 g/mol. The average molecular weight is 264 g/mol. The van der Waals surface area contributed by atoms with E-state index in [1.807, 2.05) is 0 Å². The summed E-state index contributed by atoms with van der Waals surface area (Å²) in [6.07, 6.45) is 0. The first-order valence-corrected chi connectivity index (χ1v) is 5.79. The number of likely N-dealkylation sites (N-methyl/N-ethyl adjacent to an activating group) is 1. The Morgan fingerprint density at radius 1 is 1.31 bits per heavy atom. The van der Waals surface area contributed by atoms with Crippen molar-refractivity contribution in [2.75, 3.05) is 27.2 Å². The van der Waals surface area contributed by atoms with Crippen molar-refractivity contribution in [1.82, 2.24) is 9.62 Å². The molecule has 0 aliphatic carbocycles. The molecular formula is C7H15F3N2O3S. The molecule has 0 bridgehead atoms. The van der Waals surface area contributed by atoms with Gasteiger partial charge in [0.25, 0.3) is 0 Å². The van der Waals surface area contributed by atoms with E-state index in [0.29, 0.717) is 0 Å². The van der Waals surface area contributed by atoms with Gasteiger partial charge in [0.1, 0.15) is 0 Å². The van der Waals surface area contributed by atoms with E-state index in [0.717, 1.165) is 0 Å². The van der Waals surface area contributed by atoms with Gasteiger partial charge in [-0.2, -0.15) is 13.2 Å². The van der Waals surface area contributed by atoms with Crippen LogP contribution in [0.15, 0.2) is 0 Å². The number of halogens is 3. The number of aliphatic hydroxyl groups is 1. The van der Waals surface area contributed by atoms with E-state index in [1.165, 1.54) is 16.5 Å². The molecule has 0 aliphatic rings. The van der Waals surface area contributed by atoms with Gasteiger partial charge in [-0.15, -0.1) is 0 Å². The van der Waals surface area contributed by atoms with Crippen LogP contribution in [0.1, 0.15) is 6.92 Å². The maximum atomic E-state index is 11.9. The Morgan fingerprint density at radius 3 is 2.06 bits per heavy atom. The van der Waals surface area contributed by atoms with Crippen LogP contribution in [0.3, 0.4) is 0 Å². The Kier molecular flexibility index (Phi) is 4.75. The Morgan fingerprint density at radius 2 is 1.75 bits per heavy atom. The van der Waals surface area contributed by atoms with Gasteiger partial charge in [0.05, 0.1) is 5.60 Å². The van der Waals surface area contributed by atoms with Crippen molar-refractivity contribution in [3.63, 3.8) is 0 Å². The molecule has 0 radical (unpaired) electrons. The quantitative estimate of drug-likeness (QED) is 0.717. The van der Waals surface area contributed by atoms with Crippen LogP contribution in [0, 0.1) is 0 Å². The first-order chi connectivity index (χ1) is 6.87. The van der Waals surface area contributed by atoms with Gasteiger partial charge < -0.3 is 10.0 Å². The third kappa shape index (κ3) is 5.10. The van der Waals surface area contributed by atoms with Crippen LogP contribution in [0.5, 0.6) is 0 Å². The van der Waals surface area contributed by atoms with Crippen molar-refractivity contribution in [3.8, 4) is 0 Å². The van der Waals surface area contributed by atoms with Crippen LogP contribution in [0.2, 0.25) is 0 Å². The second-order valence-electron chi connectivity index (χ2n) is 4.01. The SMILES string of the molecule is CN(C)CC(C)(O)CNS(=O)(=O)C(F)(F)F. The molecule has 1 unspecified atom stereocenters. The van der Waals surface area contributed by atoms with Gasteiger partial charge >= 0.3 is 15.5 Å². The van der Waals surface area contributed by atoms with Crippen LogP contribution < -0.4 is 4.72 Å². The molecule has 0 amide bonds. The summed E-state index contributed by atoms with van der Waals surface area (Å²) in [6, 6.07) is 0. The lowest BCUT2D eigenvalue weighted by Crippen LogP contribution is -2.49. The molecule has 9 heteroatoms. The maximum Gasteiger partial charge on any atom is 0.511 e. The fourth-order valence-electron chi connectivity index (χ4n) is 1.07. The zero-order valence-electron chi connectivity index (χ0n) is 9.17. The molecule has 0 aliphatic heterocycles. The first-order valence-electron chi connectivity index (χ1n) is 4.30. The molecule has 0 spiro atoms. The summed E-state index contributed by atoms with van der Waals surface area (Å²) in [4.78, 5) is 1.53. The largest absolute Gasteiger partial charge is 0.511 e. The summed E-state index contributed by atoms with van der Waals surface area (Å²) in [5.74, 6) is 0. The smallest absolute Gasteiger partial charge is 0.387 e. The van der Waals surface area contributed by atoms with Gasteiger partial charge in [-0.25, -0.2) is 13.1 Å². The van der Waals surface area contributed by atoms with Gasteiger partial charge in [0.15, 0.2) is 0 Å². The van der Waals surface area contributed by atoms with Crippen LogP contribution in [0.4, 0.5) is 13.2 Å². The van der Waals surface area contributed by atoms with Gasteiger partial charge in [-0.05, 0) is 21.0 Å². The number of nitrogens with one attached hydrogen (secondary N) is 1. The second kappa shape index (κ2) is 4.86. The van der Waals surface area contributed by atoms with Crippen LogP contribution >= 0.6 is 0 Å². The molecule has 2 N–H and O–H groups in total. The Hall–Kier alpha value is -0.380. The number of hydrogen-bond acceptors (Lipinski definition) is 4. The van der Waals surface area contributed by atoms with E-state index in [4.69, 9.17) is 0 Å². The van der Waals surface area contributed by atoms with E-state index >= 15 is 0 Å². The molecule has 98 valence electrons. The Labute approximate surface area is 92.3 Å². The lowest BCUT2D eigenvalue weighted by atomic mass is 10.1. The zero-order valence-corrected chi connectivity index (χ0v) is 9.98. The minimum Gasteiger partial charge on any atom is -0.387 e. The van der Waals surface area contributed by atoms with Crippen LogP contribution in [-0.4, -0.2) is 56.7 Å². The normalized spacial score (nSPS) is 17.5. The summed E-state index contributed by atoms with van der Waals surface area (Å²) in [6.45, 7) is 0.576. The van der Waals surface area contributed by atoms with Gasteiger partial charge in [-0.3, -0.25) is 0 Å². The average Bonchev–Trinajstić information content (AvgIpc) is 1.96. The second-order valence-corrected chi connectivity index (χ2v) is 5.76. The summed E-state index contributed by atoms with van der Waals surface area (Å²) in [5, 5.41) is 9.58. The lowest BCUT2D eigenvalue weighted by Gasteiger charge is -2.27. The Bertz CT molecular complexity index is 324. The topological polar surface area (TPSA) is 69.6 Å². The molecule has 0 saturated carbocycles. The van der Waals surface area contributed by atoms with Crippen molar-refractivity contribution < 1.29 is 26.7 Å². The number of alkyl halides is 3. The highest BCUT2D eigenvalue weighted by Crippen LogP contribution is 2.21. The highest BCUT2D eigenvalue weighted by atomic mass is 32.2. The summed E-state index contributed by atoms with van der Waals surface area (Å²) in [5.41, 5.74) is -6.93. The third-order valence-electron chi connectivity index (χ3n) is 1.60. The van der Waals surface area contributed by atoms with E-state index in [-0.39, 0.29) is 6.54 Å². The summed E-state index contributed by atoms with van der Waals surface area (Å²) >= 11 is 0. The van der Waals surface area contributed by atoms with Gasteiger partial charge in [0, 0.05) is 13.1 Å². The van der Waals surface area contributed by atoms with Crippen molar-refractivity contribution in [3.05, 3.63) is 0 Å². The fraction of sp³-hybridized carbons (Fsp3) is 1.00. The van der Waals surface area contributed by atoms with E-state index in [9.17, 15) is 26.7 Å². The highest BCUT2D eigenvalue weighted by Gasteiger charge is 2.46. The van der Waals surface area contributed by atoms with E-state index in [1.54, 1.807) is 14.1 Å². The highest BCUT2D eigenvalue weighted by molar-refractivity contribution is 7.90. The molecule has 0 heterocycles. The zero-order chi connectivity index (χ0) is 13.2. The number of rotatable bonds is 5. The predicted octanol–water partition coefficient (Wildman–Crippen LogP) is -0.262. The molecule has 0 saturated heterocycles. The van der Waals surface area contributed by atoms with Crippen molar-refractivity contribution in [1.29, 1.82) is 0 Å². The van der Waals surface area contributed by atoms with Gasteiger partial charge in [-0.1, -0.05) is 0 Å². The molecule has 0 aromatic rings. The van der Waals surface area contributed by atoms with Crippen LogP contribution in [-0.2, 0) is 10.0 Å². The van der Waals surface area contributed by atoms with Crippen LogP contribution in [0.25, 0.3) is 0 Å². The molecule has 1 atom stereocenters. The maximum absolute atomic E-state index is 11.9. The first kappa shape index (κ1) is 15.6. The van der Waals surface area contributed by atoms with E-state index in [2.05, 4.69) is 0 Å². The molecule has 0 rings (SSSR count). The monoisotopic (exact) mass is 264 g/mol. The standard InChI is InChI=1S/C7H15F3N2O3S/c1-6(13,5-12(2)3)4-11-16(14,15)7(8,9)10/h11,13H,4-5H2,1-3H3. The van der Waals surface area contributed by atoms with Crippen molar-refractivity contribution in [2.45, 2.75) is 18.0 Å². The van der Waals surface area contributed by atoms with Crippen molar-refractivity contribution >= 4 is 10.0 Å². The lowest BCUT2D eigenvalue weighted by molar-refractivity contribution is -0.0456. The molecule has 0 fully saturated rings. The third-order valence-corrected chi connectivity index (χ3v) is 2.74. The minimum absolute atomic E-state index is 0.0351. The number of nitrogens with zero attached hydrogens (tertiary/aromatic N) is 1. The minimum atomic E-state index is -5.40. The van der Waals surface area contributed by atoms with Gasteiger partial charge in [0.2, 0.25) is 0 Å². The Balaban J connectivity index is 4.47. The summed E-state index contributed by atoms with van der Waals surface area (Å²) in [7, 11) is -2.19. The molecule has 0 aromatic carbocycles. The van der Waals surface area contributed by atoms with Crippen molar-refractivity contribution in [2.24, 2.45) is 0 Å².